The third kappa shape index (κ3) is 7.42. The molecule has 4 nitrogen and oxygen atoms in total. The molecule has 1 fully saturated rings. The fourth-order valence-electron chi connectivity index (χ4n) is 3.10. The zero-order valence-electron chi connectivity index (χ0n) is 15.7. The van der Waals surface area contributed by atoms with Gasteiger partial charge in [-0.2, -0.15) is 0 Å². The van der Waals surface area contributed by atoms with Crippen molar-refractivity contribution in [1.29, 1.82) is 0 Å². The summed E-state index contributed by atoms with van der Waals surface area (Å²) in [6, 6.07) is 0. The van der Waals surface area contributed by atoms with E-state index in [0.717, 1.165) is 19.3 Å². The van der Waals surface area contributed by atoms with Crippen molar-refractivity contribution < 1.29 is 19.0 Å². The van der Waals surface area contributed by atoms with Gasteiger partial charge in [0.25, 0.3) is 0 Å². The molecule has 0 aromatic rings. The summed E-state index contributed by atoms with van der Waals surface area (Å²) in [7, 11) is 0. The maximum Gasteiger partial charge on any atom is 0.308 e. The van der Waals surface area contributed by atoms with Gasteiger partial charge >= 0.3 is 5.97 Å². The highest BCUT2D eigenvalue weighted by molar-refractivity contribution is 6.67. The fourth-order valence-corrected chi connectivity index (χ4v) is 3.41. The van der Waals surface area contributed by atoms with E-state index in [0.29, 0.717) is 6.61 Å². The number of alkyl halides is 3. The second-order valence-electron chi connectivity index (χ2n) is 7.16. The van der Waals surface area contributed by atoms with Crippen LogP contribution in [0.15, 0.2) is 0 Å². The van der Waals surface area contributed by atoms with E-state index < -0.39 is 16.2 Å². The van der Waals surface area contributed by atoms with Crippen molar-refractivity contribution in [2.45, 2.75) is 94.9 Å². The molecule has 1 heterocycles. The van der Waals surface area contributed by atoms with E-state index in [9.17, 15) is 4.79 Å². The van der Waals surface area contributed by atoms with Gasteiger partial charge in [-0.05, 0) is 13.3 Å². The number of rotatable bonds is 9. The molecule has 1 aliphatic heterocycles. The summed E-state index contributed by atoms with van der Waals surface area (Å²) < 4.78 is 15.2. The number of hydrogen-bond acceptors (Lipinski definition) is 4. The van der Waals surface area contributed by atoms with Gasteiger partial charge in [-0.3, -0.25) is 4.79 Å². The minimum atomic E-state index is -1.70. The van der Waals surface area contributed by atoms with Gasteiger partial charge in [-0.15, -0.1) is 0 Å². The van der Waals surface area contributed by atoms with Crippen molar-refractivity contribution in [1.82, 2.24) is 0 Å². The number of carbonyl (C=O) groups is 1. The predicted molar refractivity (Wildman–Crippen MR) is 102 cm³/mol. The Kier molecular flexibility index (Phi) is 9.84. The molecule has 1 saturated heterocycles. The zero-order chi connectivity index (χ0) is 19.1. The van der Waals surface area contributed by atoms with Crippen LogP contribution >= 0.6 is 34.8 Å². The normalized spacial score (nSPS) is 26.4. The van der Waals surface area contributed by atoms with Crippen molar-refractivity contribution in [3.63, 3.8) is 0 Å². The molecular weight excluding hydrogens is 387 g/mol. The molecule has 1 rings (SSSR count). The molecule has 0 aliphatic carbocycles. The van der Waals surface area contributed by atoms with Crippen LogP contribution in [0.3, 0.4) is 0 Å². The minimum Gasteiger partial charge on any atom is -0.466 e. The quantitative estimate of drug-likeness (QED) is 0.270. The molecular formula is C18H31Cl3O4. The van der Waals surface area contributed by atoms with Crippen LogP contribution in [0.4, 0.5) is 0 Å². The Morgan fingerprint density at radius 3 is 2.20 bits per heavy atom. The van der Waals surface area contributed by atoms with Gasteiger partial charge in [-0.25, -0.2) is 0 Å². The lowest BCUT2D eigenvalue weighted by atomic mass is 9.76. The molecule has 1 aliphatic rings. The summed E-state index contributed by atoms with van der Waals surface area (Å²) in [5.41, 5.74) is -0.385. The molecule has 0 aromatic heterocycles. The van der Waals surface area contributed by atoms with Crippen LogP contribution in [0, 0.1) is 5.41 Å². The molecule has 3 atom stereocenters. The molecule has 0 saturated carbocycles. The lowest BCUT2D eigenvalue weighted by Gasteiger charge is -2.49. The second kappa shape index (κ2) is 10.6. The van der Waals surface area contributed by atoms with Crippen LogP contribution in [0.5, 0.6) is 0 Å². The molecule has 7 heteroatoms. The Balaban J connectivity index is 2.79. The first-order chi connectivity index (χ1) is 11.6. The number of unbranched alkanes of at least 4 members (excludes halogenated alkanes) is 4. The van der Waals surface area contributed by atoms with Crippen LogP contribution in [-0.2, 0) is 19.0 Å². The molecule has 0 bridgehead atoms. The van der Waals surface area contributed by atoms with Gasteiger partial charge in [0, 0.05) is 5.41 Å². The van der Waals surface area contributed by atoms with Gasteiger partial charge in [-0.1, -0.05) is 87.7 Å². The highest BCUT2D eigenvalue weighted by Gasteiger charge is 2.51. The second-order valence-corrected chi connectivity index (χ2v) is 9.53. The zero-order valence-corrected chi connectivity index (χ0v) is 17.9. The van der Waals surface area contributed by atoms with Crippen LogP contribution in [0.1, 0.15) is 72.6 Å². The van der Waals surface area contributed by atoms with Crippen LogP contribution in [0.2, 0.25) is 0 Å². The maximum absolute atomic E-state index is 12.0. The Morgan fingerprint density at radius 1 is 1.04 bits per heavy atom. The number of ether oxygens (including phenoxy) is 3. The molecule has 0 amide bonds. The third-order valence-corrected chi connectivity index (χ3v) is 5.26. The number of halogens is 3. The maximum atomic E-state index is 12.0. The van der Waals surface area contributed by atoms with Gasteiger partial charge in [0.1, 0.15) is 0 Å². The van der Waals surface area contributed by atoms with E-state index in [2.05, 4.69) is 6.92 Å². The summed E-state index contributed by atoms with van der Waals surface area (Å²) in [5, 5.41) is 0. The van der Waals surface area contributed by atoms with Crippen LogP contribution in [0.25, 0.3) is 0 Å². The van der Waals surface area contributed by atoms with Gasteiger partial charge in [0.2, 0.25) is 10.1 Å². The molecule has 148 valence electrons. The van der Waals surface area contributed by atoms with Crippen molar-refractivity contribution in [2.75, 3.05) is 6.61 Å². The summed E-state index contributed by atoms with van der Waals surface area (Å²) >= 11 is 18.0. The van der Waals surface area contributed by atoms with E-state index in [1.165, 1.54) is 19.3 Å². The van der Waals surface area contributed by atoms with Crippen molar-refractivity contribution in [3.05, 3.63) is 0 Å². The Bertz CT molecular complexity index is 410. The molecule has 25 heavy (non-hydrogen) atoms. The van der Waals surface area contributed by atoms with Gasteiger partial charge in [0.05, 0.1) is 25.2 Å². The van der Waals surface area contributed by atoms with E-state index >= 15 is 0 Å². The SMILES string of the molecule is CCCCCCC[C@H]1O[C@@H](C(Cl)(Cl)Cl)O[C@@H](CC(=O)OCC)C1(C)C. The van der Waals surface area contributed by atoms with Crippen molar-refractivity contribution >= 4 is 40.8 Å². The van der Waals surface area contributed by atoms with Crippen LogP contribution in [-0.4, -0.2) is 34.9 Å². The topological polar surface area (TPSA) is 44.8 Å². The third-order valence-electron chi connectivity index (χ3n) is 4.73. The molecule has 0 radical (unpaired) electrons. The monoisotopic (exact) mass is 416 g/mol. The number of esters is 1. The Hall–Kier alpha value is 0.260. The first-order valence-electron chi connectivity index (χ1n) is 9.16. The summed E-state index contributed by atoms with van der Waals surface area (Å²) in [4.78, 5) is 12.0. The minimum absolute atomic E-state index is 0.119. The van der Waals surface area contributed by atoms with Crippen molar-refractivity contribution in [3.8, 4) is 0 Å². The van der Waals surface area contributed by atoms with E-state index in [1.807, 2.05) is 13.8 Å². The van der Waals surface area contributed by atoms with Gasteiger partial charge in [0.15, 0.2) is 0 Å². The average molecular weight is 418 g/mol. The summed E-state index contributed by atoms with van der Waals surface area (Å²) in [6.07, 6.45) is 5.22. The van der Waals surface area contributed by atoms with Crippen LogP contribution < -0.4 is 0 Å². The molecule has 0 unspecified atom stereocenters. The van der Waals surface area contributed by atoms with E-state index in [4.69, 9.17) is 49.0 Å². The standard InChI is InChI=1S/C18H31Cl3O4/c1-5-7-8-9-10-11-13-17(3,4)14(12-15(22)23-6-2)25-16(24-13)18(19,20)21/h13-14,16H,5-12H2,1-4H3/t13-,14+,16-/m1/s1. The number of hydrogen-bond donors (Lipinski definition) is 0. The summed E-state index contributed by atoms with van der Waals surface area (Å²) in [5.74, 6) is -0.313. The largest absolute Gasteiger partial charge is 0.466 e. The summed E-state index contributed by atoms with van der Waals surface area (Å²) in [6.45, 7) is 8.36. The van der Waals surface area contributed by atoms with Crippen molar-refractivity contribution in [2.24, 2.45) is 5.41 Å². The predicted octanol–water partition coefficient (Wildman–Crippen LogP) is 5.81. The molecule has 0 N–H and O–H groups in total. The Labute approximate surface area is 166 Å². The lowest BCUT2D eigenvalue weighted by Crippen LogP contribution is -2.55. The first kappa shape index (κ1) is 23.3. The van der Waals surface area contributed by atoms with Gasteiger partial charge < -0.3 is 14.2 Å². The highest BCUT2D eigenvalue weighted by atomic mass is 35.6. The van der Waals surface area contributed by atoms with E-state index in [1.54, 1.807) is 6.92 Å². The molecule has 0 spiro atoms. The highest BCUT2D eigenvalue weighted by Crippen LogP contribution is 2.45. The lowest BCUT2D eigenvalue weighted by molar-refractivity contribution is -0.293. The fraction of sp³-hybridized carbons (Fsp3) is 0.944. The average Bonchev–Trinajstić information content (AvgIpc) is 2.49. The smallest absolute Gasteiger partial charge is 0.308 e. The first-order valence-corrected chi connectivity index (χ1v) is 10.3. The Morgan fingerprint density at radius 2 is 1.64 bits per heavy atom. The molecule has 0 aromatic carbocycles. The number of carbonyl (C=O) groups excluding carboxylic acids is 1. The van der Waals surface area contributed by atoms with E-state index in [-0.39, 0.29) is 23.9 Å².